The molecule has 0 radical (unpaired) electrons. The Bertz CT molecular complexity index is 215. The molecule has 18 heavy (non-hydrogen) atoms. The van der Waals surface area contributed by atoms with Crippen LogP contribution in [0.15, 0.2) is 0 Å². The van der Waals surface area contributed by atoms with Gasteiger partial charge in [0, 0.05) is 0 Å². The van der Waals surface area contributed by atoms with Gasteiger partial charge in [-0.3, -0.25) is 0 Å². The Morgan fingerprint density at radius 2 is 1.00 bits per heavy atom. The van der Waals surface area contributed by atoms with Gasteiger partial charge >= 0.3 is 0 Å². The summed E-state index contributed by atoms with van der Waals surface area (Å²) in [6, 6.07) is 0. The average Bonchev–Trinajstić information content (AvgIpc) is 2.48. The van der Waals surface area contributed by atoms with Crippen molar-refractivity contribution in [1.29, 1.82) is 0 Å². The van der Waals surface area contributed by atoms with Gasteiger partial charge in [0.1, 0.15) is 0 Å². The predicted molar refractivity (Wildman–Crippen MR) is 80.8 cm³/mol. The van der Waals surface area contributed by atoms with Gasteiger partial charge in [0.05, 0.1) is 0 Å². The minimum atomic E-state index is 0.700. The highest BCUT2D eigenvalue weighted by molar-refractivity contribution is 4.97. The van der Waals surface area contributed by atoms with Crippen LogP contribution in [0.25, 0.3) is 0 Å². The van der Waals surface area contributed by atoms with E-state index in [1.807, 2.05) is 0 Å². The molecule has 2 saturated carbocycles. The third-order valence-electron chi connectivity index (χ3n) is 6.94. The van der Waals surface area contributed by atoms with Crippen molar-refractivity contribution in [3.63, 3.8) is 0 Å². The highest BCUT2D eigenvalue weighted by atomic mass is 14.5. The molecule has 2 fully saturated rings. The van der Waals surface area contributed by atoms with Crippen LogP contribution in [0.3, 0.4) is 0 Å². The van der Waals surface area contributed by atoms with E-state index in [2.05, 4.69) is 20.8 Å². The molecule has 0 amide bonds. The zero-order valence-electron chi connectivity index (χ0n) is 13.1. The normalized spacial score (nSPS) is 27.3. The van der Waals surface area contributed by atoms with E-state index < -0.39 is 0 Å². The molecule has 2 aliphatic rings. The number of hydrogen-bond acceptors (Lipinski definition) is 0. The van der Waals surface area contributed by atoms with E-state index in [9.17, 15) is 0 Å². The molecule has 2 aliphatic carbocycles. The molecule has 0 aromatic carbocycles. The van der Waals surface area contributed by atoms with Crippen LogP contribution in [-0.2, 0) is 0 Å². The van der Waals surface area contributed by atoms with E-state index in [4.69, 9.17) is 0 Å². The second-order valence-electron chi connectivity index (χ2n) is 7.27. The Kier molecular flexibility index (Phi) is 4.78. The van der Waals surface area contributed by atoms with Crippen LogP contribution in [0.2, 0.25) is 0 Å². The van der Waals surface area contributed by atoms with Crippen LogP contribution in [0.4, 0.5) is 0 Å². The fourth-order valence-electron chi connectivity index (χ4n) is 5.35. The van der Waals surface area contributed by atoms with Crippen molar-refractivity contribution in [2.75, 3.05) is 0 Å². The summed E-state index contributed by atoms with van der Waals surface area (Å²) in [6.07, 6.45) is 17.9. The molecule has 0 saturated heterocycles. The summed E-state index contributed by atoms with van der Waals surface area (Å²) in [5.74, 6) is 0.959. The first-order chi connectivity index (χ1) is 8.69. The van der Waals surface area contributed by atoms with Crippen molar-refractivity contribution >= 4 is 0 Å². The minimum Gasteiger partial charge on any atom is -0.0648 e. The molecule has 0 aromatic rings. The number of hydrogen-bond donors (Lipinski definition) is 0. The molecule has 0 bridgehead atoms. The summed E-state index contributed by atoms with van der Waals surface area (Å²) in [4.78, 5) is 0. The van der Waals surface area contributed by atoms with Gasteiger partial charge in [0.25, 0.3) is 0 Å². The van der Waals surface area contributed by atoms with Crippen LogP contribution in [0.1, 0.15) is 97.8 Å². The first-order valence-corrected chi connectivity index (χ1v) is 8.69. The lowest BCUT2D eigenvalue weighted by molar-refractivity contribution is -0.0255. The maximum absolute atomic E-state index is 2.63. The maximum Gasteiger partial charge on any atom is -0.0269 e. The van der Waals surface area contributed by atoms with Crippen molar-refractivity contribution in [2.45, 2.75) is 97.8 Å². The third-order valence-corrected chi connectivity index (χ3v) is 6.94. The Morgan fingerprint density at radius 3 is 1.28 bits per heavy atom. The number of rotatable bonds is 4. The predicted octanol–water partition coefficient (Wildman–Crippen LogP) is 6.34. The van der Waals surface area contributed by atoms with Crippen LogP contribution in [0.5, 0.6) is 0 Å². The zero-order chi connectivity index (χ0) is 13.1. The largest absolute Gasteiger partial charge is 0.0648 e. The molecule has 0 nitrogen and oxygen atoms in total. The SMILES string of the molecule is CCC1(C(C)C2(CC)CCCCC2)CCCCC1. The summed E-state index contributed by atoms with van der Waals surface area (Å²) in [7, 11) is 0. The monoisotopic (exact) mass is 250 g/mol. The summed E-state index contributed by atoms with van der Waals surface area (Å²) >= 11 is 0. The fourth-order valence-corrected chi connectivity index (χ4v) is 5.35. The average molecular weight is 250 g/mol. The van der Waals surface area contributed by atoms with Gasteiger partial charge in [-0.2, -0.15) is 0 Å². The molecule has 0 unspecified atom stereocenters. The first-order valence-electron chi connectivity index (χ1n) is 8.69. The minimum absolute atomic E-state index is 0.700. The third kappa shape index (κ3) is 2.49. The standard InChI is InChI=1S/C18H34/c1-4-17(12-8-6-9-13-17)16(3)18(5-2)14-10-7-11-15-18/h16H,4-15H2,1-3H3. The van der Waals surface area contributed by atoms with E-state index in [-0.39, 0.29) is 0 Å². The van der Waals surface area contributed by atoms with Crippen LogP contribution in [-0.4, -0.2) is 0 Å². The van der Waals surface area contributed by atoms with E-state index in [1.54, 1.807) is 0 Å². The van der Waals surface area contributed by atoms with Gasteiger partial charge in [-0.25, -0.2) is 0 Å². The Hall–Kier alpha value is 0. The summed E-state index contributed by atoms with van der Waals surface area (Å²) in [6.45, 7) is 7.56. The highest BCUT2D eigenvalue weighted by Crippen LogP contribution is 2.57. The van der Waals surface area contributed by atoms with Crippen molar-refractivity contribution in [2.24, 2.45) is 16.7 Å². The summed E-state index contributed by atoms with van der Waals surface area (Å²) in [5.41, 5.74) is 1.40. The molecule has 0 N–H and O–H groups in total. The topological polar surface area (TPSA) is 0 Å². The van der Waals surface area contributed by atoms with E-state index in [0.717, 1.165) is 5.92 Å². The highest BCUT2D eigenvalue weighted by Gasteiger charge is 2.46. The zero-order valence-corrected chi connectivity index (χ0v) is 13.1. The van der Waals surface area contributed by atoms with Gasteiger partial charge in [-0.15, -0.1) is 0 Å². The van der Waals surface area contributed by atoms with E-state index in [1.165, 1.54) is 77.0 Å². The lowest BCUT2D eigenvalue weighted by Gasteiger charge is -2.53. The first kappa shape index (κ1) is 14.4. The molecule has 0 heterocycles. The molecule has 0 heteroatoms. The summed E-state index contributed by atoms with van der Waals surface area (Å²) < 4.78 is 0. The Balaban J connectivity index is 2.17. The van der Waals surface area contributed by atoms with Gasteiger partial charge in [-0.05, 0) is 42.4 Å². The van der Waals surface area contributed by atoms with Crippen molar-refractivity contribution in [3.8, 4) is 0 Å². The second kappa shape index (κ2) is 5.97. The lowest BCUT2D eigenvalue weighted by atomic mass is 9.52. The van der Waals surface area contributed by atoms with Gasteiger partial charge in [-0.1, -0.05) is 72.1 Å². The quantitative estimate of drug-likeness (QED) is 0.546. The van der Waals surface area contributed by atoms with Crippen LogP contribution < -0.4 is 0 Å². The van der Waals surface area contributed by atoms with Crippen molar-refractivity contribution < 1.29 is 0 Å². The van der Waals surface area contributed by atoms with Gasteiger partial charge in [0.2, 0.25) is 0 Å². The van der Waals surface area contributed by atoms with Crippen LogP contribution in [0, 0.1) is 16.7 Å². The molecule has 2 rings (SSSR count). The van der Waals surface area contributed by atoms with Gasteiger partial charge in [0.15, 0.2) is 0 Å². The molecule has 106 valence electrons. The smallest absolute Gasteiger partial charge is 0.0269 e. The van der Waals surface area contributed by atoms with E-state index >= 15 is 0 Å². The molecular weight excluding hydrogens is 216 g/mol. The van der Waals surface area contributed by atoms with E-state index in [0.29, 0.717) is 10.8 Å². The molecule has 0 atom stereocenters. The Morgan fingerprint density at radius 1 is 0.667 bits per heavy atom. The second-order valence-corrected chi connectivity index (χ2v) is 7.27. The summed E-state index contributed by atoms with van der Waals surface area (Å²) in [5, 5.41) is 0. The molecule has 0 aliphatic heterocycles. The maximum atomic E-state index is 2.63. The molecular formula is C18H34. The Labute approximate surface area is 115 Å². The van der Waals surface area contributed by atoms with Gasteiger partial charge < -0.3 is 0 Å². The van der Waals surface area contributed by atoms with Crippen LogP contribution >= 0.6 is 0 Å². The fraction of sp³-hybridized carbons (Fsp3) is 1.00. The van der Waals surface area contributed by atoms with Crippen molar-refractivity contribution in [3.05, 3.63) is 0 Å². The van der Waals surface area contributed by atoms with Crippen molar-refractivity contribution in [1.82, 2.24) is 0 Å². The molecule has 0 aromatic heterocycles. The lowest BCUT2D eigenvalue weighted by Crippen LogP contribution is -2.43. The molecule has 0 spiro atoms.